The van der Waals surface area contributed by atoms with E-state index in [9.17, 15) is 4.79 Å². The van der Waals surface area contributed by atoms with E-state index >= 15 is 0 Å². The van der Waals surface area contributed by atoms with Gasteiger partial charge in [-0.25, -0.2) is 4.98 Å². The van der Waals surface area contributed by atoms with Gasteiger partial charge in [-0.1, -0.05) is 60.7 Å². The highest BCUT2D eigenvalue weighted by atomic mass is 32.1. The summed E-state index contributed by atoms with van der Waals surface area (Å²) in [5.41, 5.74) is 6.22. The van der Waals surface area contributed by atoms with Crippen LogP contribution in [0.5, 0.6) is 0 Å². The molecule has 32 heavy (non-hydrogen) atoms. The Labute approximate surface area is 193 Å². The van der Waals surface area contributed by atoms with Gasteiger partial charge in [-0.2, -0.15) is 0 Å². The Bertz CT molecular complexity index is 1200. The van der Waals surface area contributed by atoms with Crippen molar-refractivity contribution in [2.45, 2.75) is 32.7 Å². The number of rotatable bonds is 6. The molecule has 0 N–H and O–H groups in total. The van der Waals surface area contributed by atoms with Gasteiger partial charge >= 0.3 is 0 Å². The fraction of sp³-hybridized carbons (Fsp3) is 0.259. The summed E-state index contributed by atoms with van der Waals surface area (Å²) in [6.07, 6.45) is 3.11. The van der Waals surface area contributed by atoms with E-state index in [1.54, 1.807) is 11.3 Å². The number of thiazole rings is 1. The van der Waals surface area contributed by atoms with E-state index in [-0.39, 0.29) is 5.91 Å². The molecule has 0 bridgehead atoms. The third-order valence-electron chi connectivity index (χ3n) is 6.24. The first-order valence-corrected chi connectivity index (χ1v) is 12.1. The molecule has 0 atom stereocenters. The molecular weight excluding hydrogens is 414 g/mol. The summed E-state index contributed by atoms with van der Waals surface area (Å²) in [6, 6.07) is 22.8. The Kier molecular flexibility index (Phi) is 5.91. The van der Waals surface area contributed by atoms with Crippen molar-refractivity contribution >= 4 is 17.2 Å². The standard InChI is InChI=1S/C27H27N3OS/c1-20-23(27(31)29-15-8-9-16-29)18-25(30(20)17-14-21-10-4-2-5-11-21)24-19-32-26(28-24)22-12-6-3-7-13-22/h2-7,10-13,18-19H,8-9,14-17H2,1H3. The van der Waals surface area contributed by atoms with Crippen LogP contribution in [0.3, 0.4) is 0 Å². The van der Waals surface area contributed by atoms with Gasteiger partial charge in [0, 0.05) is 36.3 Å². The van der Waals surface area contributed by atoms with Crippen LogP contribution < -0.4 is 0 Å². The number of carbonyl (C=O) groups is 1. The van der Waals surface area contributed by atoms with Gasteiger partial charge in [-0.3, -0.25) is 4.79 Å². The second-order valence-corrected chi connectivity index (χ2v) is 9.18. The number of aryl methyl sites for hydroxylation is 1. The molecule has 1 saturated heterocycles. The zero-order valence-corrected chi connectivity index (χ0v) is 19.1. The second-order valence-electron chi connectivity index (χ2n) is 8.32. The molecule has 3 heterocycles. The first-order valence-electron chi connectivity index (χ1n) is 11.3. The first kappa shape index (κ1) is 20.7. The molecule has 4 nitrogen and oxygen atoms in total. The SMILES string of the molecule is Cc1c(C(=O)N2CCCC2)cc(-c2csc(-c3ccccc3)n2)n1CCc1ccccc1. The Balaban J connectivity index is 1.51. The van der Waals surface area contributed by atoms with Crippen molar-refractivity contribution in [3.05, 3.63) is 88.9 Å². The zero-order chi connectivity index (χ0) is 21.9. The number of nitrogens with zero attached hydrogens (tertiary/aromatic N) is 3. The summed E-state index contributed by atoms with van der Waals surface area (Å²) in [4.78, 5) is 20.2. The summed E-state index contributed by atoms with van der Waals surface area (Å²) in [5, 5.41) is 3.11. The molecule has 2 aromatic carbocycles. The average Bonchev–Trinajstić information content (AvgIpc) is 3.59. The van der Waals surface area contributed by atoms with Crippen LogP contribution in [0.4, 0.5) is 0 Å². The molecular formula is C27H27N3OS. The minimum absolute atomic E-state index is 0.151. The summed E-state index contributed by atoms with van der Waals surface area (Å²) in [5.74, 6) is 0.151. The lowest BCUT2D eigenvalue weighted by molar-refractivity contribution is 0.0792. The lowest BCUT2D eigenvalue weighted by Crippen LogP contribution is -2.28. The first-order chi connectivity index (χ1) is 15.7. The van der Waals surface area contributed by atoms with Crippen molar-refractivity contribution in [1.29, 1.82) is 0 Å². The number of hydrogen-bond donors (Lipinski definition) is 0. The summed E-state index contributed by atoms with van der Waals surface area (Å²) >= 11 is 1.65. The molecule has 2 aromatic heterocycles. The Morgan fingerprint density at radius 1 is 1.00 bits per heavy atom. The topological polar surface area (TPSA) is 38.1 Å². The van der Waals surface area contributed by atoms with Crippen LogP contribution in [0, 0.1) is 6.92 Å². The minimum atomic E-state index is 0.151. The van der Waals surface area contributed by atoms with Crippen LogP contribution in [0.25, 0.3) is 22.0 Å². The predicted molar refractivity (Wildman–Crippen MR) is 131 cm³/mol. The van der Waals surface area contributed by atoms with Gasteiger partial charge in [0.1, 0.15) is 5.01 Å². The lowest BCUT2D eigenvalue weighted by Gasteiger charge is -2.15. The van der Waals surface area contributed by atoms with E-state index in [1.807, 2.05) is 29.2 Å². The van der Waals surface area contributed by atoms with Crippen LogP contribution in [0.1, 0.15) is 34.5 Å². The number of likely N-dealkylation sites (tertiary alicyclic amines) is 1. The molecule has 1 amide bonds. The molecule has 0 spiro atoms. The molecule has 4 aromatic rings. The van der Waals surface area contributed by atoms with E-state index in [1.165, 1.54) is 5.56 Å². The Hall–Kier alpha value is -3.18. The van der Waals surface area contributed by atoms with Crippen LogP contribution in [0.2, 0.25) is 0 Å². The molecule has 1 aliphatic rings. The highest BCUT2D eigenvalue weighted by Gasteiger charge is 2.25. The third-order valence-corrected chi connectivity index (χ3v) is 7.14. The largest absolute Gasteiger partial charge is 0.342 e. The molecule has 162 valence electrons. The number of carbonyl (C=O) groups excluding carboxylic acids is 1. The van der Waals surface area contributed by atoms with Crippen LogP contribution >= 0.6 is 11.3 Å². The average molecular weight is 442 g/mol. The maximum absolute atomic E-state index is 13.3. The molecule has 1 aliphatic heterocycles. The van der Waals surface area contributed by atoms with Crippen molar-refractivity contribution in [3.63, 3.8) is 0 Å². The molecule has 0 aliphatic carbocycles. The summed E-state index contributed by atoms with van der Waals surface area (Å²) in [7, 11) is 0. The fourth-order valence-electron chi connectivity index (χ4n) is 4.44. The third kappa shape index (κ3) is 4.13. The molecule has 0 saturated carbocycles. The molecule has 5 heteroatoms. The van der Waals surface area contributed by atoms with Crippen molar-refractivity contribution in [2.24, 2.45) is 0 Å². The molecule has 1 fully saturated rings. The van der Waals surface area contributed by atoms with Gasteiger partial charge in [0.05, 0.1) is 17.0 Å². The maximum Gasteiger partial charge on any atom is 0.255 e. The van der Waals surface area contributed by atoms with Gasteiger partial charge in [-0.05, 0) is 37.8 Å². The quantitative estimate of drug-likeness (QED) is 0.364. The predicted octanol–water partition coefficient (Wildman–Crippen LogP) is 6.07. The van der Waals surface area contributed by atoms with Crippen LogP contribution in [-0.4, -0.2) is 33.4 Å². The van der Waals surface area contributed by atoms with Gasteiger partial charge in [0.2, 0.25) is 0 Å². The van der Waals surface area contributed by atoms with Gasteiger partial charge < -0.3 is 9.47 Å². The summed E-state index contributed by atoms with van der Waals surface area (Å²) in [6.45, 7) is 4.61. The molecule has 0 unspecified atom stereocenters. The monoisotopic (exact) mass is 441 g/mol. The molecule has 0 radical (unpaired) electrons. The van der Waals surface area contributed by atoms with Gasteiger partial charge in [-0.15, -0.1) is 11.3 Å². The van der Waals surface area contributed by atoms with Gasteiger partial charge in [0.25, 0.3) is 5.91 Å². The smallest absolute Gasteiger partial charge is 0.255 e. The highest BCUT2D eigenvalue weighted by Crippen LogP contribution is 2.32. The maximum atomic E-state index is 13.3. The summed E-state index contributed by atoms with van der Waals surface area (Å²) < 4.78 is 2.28. The van der Waals surface area contributed by atoms with E-state index in [0.717, 1.165) is 72.1 Å². The molecule has 5 rings (SSSR count). The van der Waals surface area contributed by atoms with Crippen molar-refractivity contribution < 1.29 is 4.79 Å². The highest BCUT2D eigenvalue weighted by molar-refractivity contribution is 7.13. The van der Waals surface area contributed by atoms with E-state index in [0.29, 0.717) is 0 Å². The van der Waals surface area contributed by atoms with Crippen molar-refractivity contribution in [2.75, 3.05) is 13.1 Å². The zero-order valence-electron chi connectivity index (χ0n) is 18.3. The van der Waals surface area contributed by atoms with Crippen LogP contribution in [0.15, 0.2) is 72.1 Å². The van der Waals surface area contributed by atoms with Crippen LogP contribution in [-0.2, 0) is 13.0 Å². The number of hydrogen-bond acceptors (Lipinski definition) is 3. The Morgan fingerprint density at radius 3 is 2.41 bits per heavy atom. The van der Waals surface area contributed by atoms with E-state index in [4.69, 9.17) is 4.98 Å². The number of aromatic nitrogens is 2. The lowest BCUT2D eigenvalue weighted by atomic mass is 10.1. The van der Waals surface area contributed by atoms with Gasteiger partial charge in [0.15, 0.2) is 0 Å². The van der Waals surface area contributed by atoms with E-state index in [2.05, 4.69) is 59.3 Å². The minimum Gasteiger partial charge on any atom is -0.342 e. The number of benzene rings is 2. The Morgan fingerprint density at radius 2 is 1.69 bits per heavy atom. The van der Waals surface area contributed by atoms with E-state index < -0.39 is 0 Å². The van der Waals surface area contributed by atoms with Crippen molar-refractivity contribution in [1.82, 2.24) is 14.5 Å². The fourth-order valence-corrected chi connectivity index (χ4v) is 5.26. The number of amides is 1. The second kappa shape index (κ2) is 9.13. The van der Waals surface area contributed by atoms with Crippen molar-refractivity contribution in [3.8, 4) is 22.0 Å². The normalized spacial score (nSPS) is 13.6.